The number of nitrogens with two attached hydrogens (primary N) is 1. The van der Waals surface area contributed by atoms with E-state index < -0.39 is 23.2 Å². The third-order valence-electron chi connectivity index (χ3n) is 2.52. The minimum Gasteiger partial charge on any atom is -0.352 e. The van der Waals surface area contributed by atoms with Crippen molar-refractivity contribution < 1.29 is 13.6 Å². The van der Waals surface area contributed by atoms with E-state index in [1.165, 1.54) is 0 Å². The van der Waals surface area contributed by atoms with E-state index in [0.717, 1.165) is 25.1 Å². The molecule has 0 bridgehead atoms. The Morgan fingerprint density at radius 1 is 1.32 bits per heavy atom. The first kappa shape index (κ1) is 15.3. The van der Waals surface area contributed by atoms with Crippen LogP contribution >= 0.6 is 0 Å². The molecule has 19 heavy (non-hydrogen) atoms. The van der Waals surface area contributed by atoms with Crippen LogP contribution in [0.5, 0.6) is 0 Å². The zero-order chi connectivity index (χ0) is 14.4. The van der Waals surface area contributed by atoms with Gasteiger partial charge in [-0.05, 0) is 39.2 Å². The first-order chi connectivity index (χ1) is 8.95. The summed E-state index contributed by atoms with van der Waals surface area (Å²) in [5.74, 6) is 2.65. The van der Waals surface area contributed by atoms with Gasteiger partial charge in [-0.15, -0.1) is 0 Å². The van der Waals surface area contributed by atoms with Crippen molar-refractivity contribution in [2.45, 2.75) is 6.42 Å². The second-order valence-corrected chi connectivity index (χ2v) is 4.37. The molecule has 4 N–H and O–H groups in total. The molecule has 0 aliphatic carbocycles. The SMILES string of the molecule is CN(C)CCCNC(=O)c1cc(F)c(NN)c(F)c1. The van der Waals surface area contributed by atoms with E-state index in [1.807, 2.05) is 24.4 Å². The number of hydrogen-bond donors (Lipinski definition) is 3. The predicted octanol–water partition coefficient (Wildman–Crippen LogP) is 0.932. The van der Waals surface area contributed by atoms with Crippen LogP contribution in [0.1, 0.15) is 16.8 Å². The van der Waals surface area contributed by atoms with Crippen molar-refractivity contribution in [3.63, 3.8) is 0 Å². The summed E-state index contributed by atoms with van der Waals surface area (Å²) in [7, 11) is 3.84. The normalized spacial score (nSPS) is 10.6. The van der Waals surface area contributed by atoms with Gasteiger partial charge in [-0.2, -0.15) is 0 Å². The van der Waals surface area contributed by atoms with E-state index in [0.29, 0.717) is 6.54 Å². The molecule has 106 valence electrons. The van der Waals surface area contributed by atoms with Gasteiger partial charge in [-0.3, -0.25) is 10.6 Å². The predicted molar refractivity (Wildman–Crippen MR) is 69.7 cm³/mol. The van der Waals surface area contributed by atoms with Crippen LogP contribution in [0.2, 0.25) is 0 Å². The van der Waals surface area contributed by atoms with Gasteiger partial charge in [0.15, 0.2) is 11.6 Å². The first-order valence-electron chi connectivity index (χ1n) is 5.84. The zero-order valence-corrected chi connectivity index (χ0v) is 11.0. The molecule has 0 aliphatic heterocycles. The van der Waals surface area contributed by atoms with Crippen LogP contribution in [0, 0.1) is 11.6 Å². The highest BCUT2D eigenvalue weighted by Gasteiger charge is 2.14. The highest BCUT2D eigenvalue weighted by atomic mass is 19.1. The van der Waals surface area contributed by atoms with Gasteiger partial charge in [0.25, 0.3) is 5.91 Å². The van der Waals surface area contributed by atoms with E-state index in [1.54, 1.807) is 0 Å². The number of nitrogen functional groups attached to an aromatic ring is 1. The fourth-order valence-corrected chi connectivity index (χ4v) is 1.54. The number of hydrazine groups is 1. The summed E-state index contributed by atoms with van der Waals surface area (Å²) < 4.78 is 26.8. The Morgan fingerprint density at radius 2 is 1.89 bits per heavy atom. The monoisotopic (exact) mass is 272 g/mol. The minimum absolute atomic E-state index is 0.0705. The summed E-state index contributed by atoms with van der Waals surface area (Å²) >= 11 is 0. The Bertz CT molecular complexity index is 428. The summed E-state index contributed by atoms with van der Waals surface area (Å²) in [6.45, 7) is 1.26. The van der Waals surface area contributed by atoms with Gasteiger partial charge < -0.3 is 15.6 Å². The maximum atomic E-state index is 13.4. The number of halogens is 2. The molecular formula is C12H18F2N4O. The van der Waals surface area contributed by atoms with Crippen LogP contribution in [0.15, 0.2) is 12.1 Å². The maximum absolute atomic E-state index is 13.4. The largest absolute Gasteiger partial charge is 0.352 e. The van der Waals surface area contributed by atoms with Crippen LogP contribution in [-0.2, 0) is 0 Å². The van der Waals surface area contributed by atoms with Gasteiger partial charge in [-0.1, -0.05) is 0 Å². The molecule has 5 nitrogen and oxygen atoms in total. The number of nitrogens with zero attached hydrogens (tertiary/aromatic N) is 1. The number of hydrogen-bond acceptors (Lipinski definition) is 4. The highest BCUT2D eigenvalue weighted by Crippen LogP contribution is 2.19. The average molecular weight is 272 g/mol. The van der Waals surface area contributed by atoms with Crippen LogP contribution in [-0.4, -0.2) is 38.0 Å². The van der Waals surface area contributed by atoms with E-state index in [-0.39, 0.29) is 5.56 Å². The molecule has 0 saturated carbocycles. The molecule has 0 aromatic heterocycles. The number of carbonyl (C=O) groups is 1. The lowest BCUT2D eigenvalue weighted by atomic mass is 10.1. The highest BCUT2D eigenvalue weighted by molar-refractivity contribution is 5.94. The van der Waals surface area contributed by atoms with Crippen molar-refractivity contribution >= 4 is 11.6 Å². The smallest absolute Gasteiger partial charge is 0.251 e. The lowest BCUT2D eigenvalue weighted by Gasteiger charge is -2.10. The molecule has 1 rings (SSSR count). The molecule has 0 atom stereocenters. The van der Waals surface area contributed by atoms with Crippen molar-refractivity contribution in [3.05, 3.63) is 29.3 Å². The van der Waals surface area contributed by atoms with E-state index in [2.05, 4.69) is 5.32 Å². The molecule has 0 fully saturated rings. The van der Waals surface area contributed by atoms with Crippen molar-refractivity contribution in [3.8, 4) is 0 Å². The fourth-order valence-electron chi connectivity index (χ4n) is 1.54. The van der Waals surface area contributed by atoms with Gasteiger partial charge in [0.2, 0.25) is 0 Å². The second kappa shape index (κ2) is 7.01. The average Bonchev–Trinajstić information content (AvgIpc) is 2.33. The Morgan fingerprint density at radius 3 is 2.37 bits per heavy atom. The topological polar surface area (TPSA) is 70.4 Å². The summed E-state index contributed by atoms with van der Waals surface area (Å²) in [6.07, 6.45) is 0.756. The molecule has 0 unspecified atom stereocenters. The third-order valence-corrected chi connectivity index (χ3v) is 2.52. The lowest BCUT2D eigenvalue weighted by Crippen LogP contribution is -2.27. The Balaban J connectivity index is 2.63. The number of carbonyl (C=O) groups excluding carboxylic acids is 1. The number of benzene rings is 1. The summed E-state index contributed by atoms with van der Waals surface area (Å²) in [6, 6.07) is 1.89. The van der Waals surface area contributed by atoms with Crippen molar-refractivity contribution in [1.82, 2.24) is 10.2 Å². The van der Waals surface area contributed by atoms with Gasteiger partial charge in [-0.25, -0.2) is 8.78 Å². The molecular weight excluding hydrogens is 254 g/mol. The molecule has 0 saturated heterocycles. The number of anilines is 1. The second-order valence-electron chi connectivity index (χ2n) is 4.37. The number of nitrogens with one attached hydrogen (secondary N) is 2. The van der Waals surface area contributed by atoms with Crippen LogP contribution in [0.3, 0.4) is 0 Å². The fraction of sp³-hybridized carbons (Fsp3) is 0.417. The quantitative estimate of drug-likeness (QED) is 0.409. The van der Waals surface area contributed by atoms with Crippen molar-refractivity contribution in [2.24, 2.45) is 5.84 Å². The summed E-state index contributed by atoms with van der Waals surface area (Å²) in [5, 5.41) is 2.60. The molecule has 7 heteroatoms. The molecule has 1 amide bonds. The Labute approximate surface area is 110 Å². The standard InChI is InChI=1S/C12H18F2N4O/c1-18(2)5-3-4-16-12(19)8-6-9(13)11(17-15)10(14)7-8/h6-7,17H,3-5,15H2,1-2H3,(H,16,19). The van der Waals surface area contributed by atoms with E-state index in [9.17, 15) is 13.6 Å². The van der Waals surface area contributed by atoms with Gasteiger partial charge in [0, 0.05) is 12.1 Å². The van der Waals surface area contributed by atoms with E-state index >= 15 is 0 Å². The Kier molecular flexibility index (Phi) is 5.65. The number of amides is 1. The van der Waals surface area contributed by atoms with Crippen LogP contribution < -0.4 is 16.6 Å². The Hall–Kier alpha value is -1.73. The first-order valence-corrected chi connectivity index (χ1v) is 5.84. The summed E-state index contributed by atoms with van der Waals surface area (Å²) in [5.41, 5.74) is 1.38. The van der Waals surface area contributed by atoms with E-state index in [4.69, 9.17) is 5.84 Å². The third kappa shape index (κ3) is 4.46. The lowest BCUT2D eigenvalue weighted by molar-refractivity contribution is 0.0951. The van der Waals surface area contributed by atoms with Gasteiger partial charge in [0.05, 0.1) is 0 Å². The number of rotatable bonds is 6. The zero-order valence-electron chi connectivity index (χ0n) is 11.0. The molecule has 0 aliphatic rings. The molecule has 1 aromatic carbocycles. The van der Waals surface area contributed by atoms with Gasteiger partial charge in [0.1, 0.15) is 5.69 Å². The van der Waals surface area contributed by atoms with Crippen molar-refractivity contribution in [2.75, 3.05) is 32.6 Å². The van der Waals surface area contributed by atoms with Gasteiger partial charge >= 0.3 is 0 Å². The molecule has 0 radical (unpaired) electrons. The molecule has 1 aromatic rings. The maximum Gasteiger partial charge on any atom is 0.251 e. The molecule has 0 spiro atoms. The summed E-state index contributed by atoms with van der Waals surface area (Å²) in [4.78, 5) is 13.7. The van der Waals surface area contributed by atoms with Crippen LogP contribution in [0.4, 0.5) is 14.5 Å². The van der Waals surface area contributed by atoms with Crippen molar-refractivity contribution in [1.29, 1.82) is 0 Å². The van der Waals surface area contributed by atoms with Crippen LogP contribution in [0.25, 0.3) is 0 Å². The minimum atomic E-state index is -0.902. The molecule has 0 heterocycles.